The van der Waals surface area contributed by atoms with Gasteiger partial charge in [-0.2, -0.15) is 0 Å². The van der Waals surface area contributed by atoms with Gasteiger partial charge in [0.15, 0.2) is 6.04 Å². The van der Waals surface area contributed by atoms with E-state index in [-0.39, 0.29) is 24.3 Å². The van der Waals surface area contributed by atoms with E-state index < -0.39 is 17.9 Å². The van der Waals surface area contributed by atoms with Crippen molar-refractivity contribution in [2.24, 2.45) is 0 Å². The SMILES string of the molecule is COC(=O)C(NC(=O)CCn1nnc2ccccc2c1=O)c1cc(C)c(O)c(C)c1. The molecule has 2 N–H and O–H groups in total. The third-order valence-corrected chi connectivity index (χ3v) is 4.77. The zero-order valence-electron chi connectivity index (χ0n) is 16.9. The standard InChI is InChI=1S/C21H22N4O5/c1-12-10-14(11-13(2)19(12)27)18(21(29)30-3)22-17(26)8-9-25-20(28)15-6-4-5-7-16(15)23-24-25/h4-7,10-11,18,27H,8-9H2,1-3H3,(H,22,26). The van der Waals surface area contributed by atoms with Gasteiger partial charge in [0.2, 0.25) is 5.91 Å². The van der Waals surface area contributed by atoms with Crippen molar-refractivity contribution in [1.29, 1.82) is 0 Å². The van der Waals surface area contributed by atoms with Crippen LogP contribution in [0, 0.1) is 13.8 Å². The van der Waals surface area contributed by atoms with Crippen molar-refractivity contribution >= 4 is 22.8 Å². The molecule has 0 aliphatic carbocycles. The largest absolute Gasteiger partial charge is 0.507 e. The number of aromatic nitrogens is 3. The van der Waals surface area contributed by atoms with E-state index in [4.69, 9.17) is 4.74 Å². The molecule has 0 saturated carbocycles. The Morgan fingerprint density at radius 2 is 1.87 bits per heavy atom. The molecule has 0 aliphatic heterocycles. The first-order valence-corrected chi connectivity index (χ1v) is 9.31. The maximum absolute atomic E-state index is 12.5. The van der Waals surface area contributed by atoms with Crippen LogP contribution in [0.2, 0.25) is 0 Å². The van der Waals surface area contributed by atoms with Crippen molar-refractivity contribution in [2.45, 2.75) is 32.9 Å². The summed E-state index contributed by atoms with van der Waals surface area (Å²) in [5.41, 5.74) is 1.78. The van der Waals surface area contributed by atoms with Gasteiger partial charge in [0.05, 0.1) is 19.0 Å². The monoisotopic (exact) mass is 410 g/mol. The number of hydrogen-bond donors (Lipinski definition) is 2. The summed E-state index contributed by atoms with van der Waals surface area (Å²) in [5, 5.41) is 20.8. The molecule has 0 bridgehead atoms. The molecule has 0 saturated heterocycles. The van der Waals surface area contributed by atoms with Gasteiger partial charge in [-0.3, -0.25) is 9.59 Å². The number of carbonyl (C=O) groups is 2. The molecule has 1 heterocycles. The van der Waals surface area contributed by atoms with Crippen LogP contribution in [0.25, 0.3) is 10.9 Å². The molecule has 3 rings (SSSR count). The van der Waals surface area contributed by atoms with E-state index in [2.05, 4.69) is 15.6 Å². The van der Waals surface area contributed by atoms with Crippen LogP contribution in [0.1, 0.15) is 29.2 Å². The number of rotatable bonds is 6. The first-order chi connectivity index (χ1) is 14.3. The van der Waals surface area contributed by atoms with Crippen molar-refractivity contribution in [3.05, 3.63) is 63.4 Å². The lowest BCUT2D eigenvalue weighted by Crippen LogP contribution is -2.36. The average molecular weight is 410 g/mol. The molecule has 0 fully saturated rings. The van der Waals surface area contributed by atoms with Crippen LogP contribution in [0.3, 0.4) is 0 Å². The molecule has 0 radical (unpaired) electrons. The zero-order valence-corrected chi connectivity index (χ0v) is 16.9. The lowest BCUT2D eigenvalue weighted by molar-refractivity contribution is -0.145. The molecule has 3 aromatic rings. The van der Waals surface area contributed by atoms with Gasteiger partial charge < -0.3 is 15.2 Å². The number of phenolic OH excluding ortho intramolecular Hbond substituents is 1. The Labute approximate surface area is 172 Å². The van der Waals surface area contributed by atoms with Crippen molar-refractivity contribution in [1.82, 2.24) is 20.3 Å². The predicted octanol–water partition coefficient (Wildman–Crippen LogP) is 1.53. The Morgan fingerprint density at radius 1 is 1.20 bits per heavy atom. The van der Waals surface area contributed by atoms with Gasteiger partial charge in [-0.25, -0.2) is 9.48 Å². The van der Waals surface area contributed by atoms with E-state index >= 15 is 0 Å². The van der Waals surface area contributed by atoms with E-state index in [1.165, 1.54) is 7.11 Å². The maximum Gasteiger partial charge on any atom is 0.333 e. The van der Waals surface area contributed by atoms with Crippen LogP contribution < -0.4 is 10.9 Å². The molecule has 2 aromatic carbocycles. The molecule has 9 nitrogen and oxygen atoms in total. The average Bonchev–Trinajstić information content (AvgIpc) is 2.74. The number of methoxy groups -OCH3 is 1. The van der Waals surface area contributed by atoms with Crippen LogP contribution >= 0.6 is 0 Å². The Morgan fingerprint density at radius 3 is 2.53 bits per heavy atom. The summed E-state index contributed by atoms with van der Waals surface area (Å²) in [6, 6.07) is 9.00. The Balaban J connectivity index is 1.76. The molecule has 156 valence electrons. The fourth-order valence-electron chi connectivity index (χ4n) is 3.16. The highest BCUT2D eigenvalue weighted by Crippen LogP contribution is 2.26. The number of carbonyl (C=O) groups excluding carboxylic acids is 2. The highest BCUT2D eigenvalue weighted by molar-refractivity contribution is 5.85. The number of aryl methyl sites for hydroxylation is 3. The highest BCUT2D eigenvalue weighted by atomic mass is 16.5. The van der Waals surface area contributed by atoms with E-state index in [0.717, 1.165) is 4.68 Å². The van der Waals surface area contributed by atoms with E-state index in [0.29, 0.717) is 27.6 Å². The Hall–Kier alpha value is -3.75. The van der Waals surface area contributed by atoms with Crippen molar-refractivity contribution in [3.8, 4) is 5.75 Å². The van der Waals surface area contributed by atoms with Gasteiger partial charge in [0.1, 0.15) is 11.3 Å². The number of phenols is 1. The summed E-state index contributed by atoms with van der Waals surface area (Å²) in [4.78, 5) is 37.2. The summed E-state index contributed by atoms with van der Waals surface area (Å²) in [7, 11) is 1.23. The third kappa shape index (κ3) is 4.29. The quantitative estimate of drug-likeness (QED) is 0.591. The third-order valence-electron chi connectivity index (χ3n) is 4.77. The summed E-state index contributed by atoms with van der Waals surface area (Å²) in [6.07, 6.45) is -0.0868. The summed E-state index contributed by atoms with van der Waals surface area (Å²) in [6.45, 7) is 3.41. The number of hydrogen-bond acceptors (Lipinski definition) is 7. The summed E-state index contributed by atoms with van der Waals surface area (Å²) < 4.78 is 5.93. The number of amides is 1. The maximum atomic E-state index is 12.5. The van der Waals surface area contributed by atoms with Crippen LogP contribution in [0.15, 0.2) is 41.2 Å². The van der Waals surface area contributed by atoms with Gasteiger partial charge in [-0.05, 0) is 54.8 Å². The molecule has 1 aromatic heterocycles. The number of nitrogens with one attached hydrogen (secondary N) is 1. The van der Waals surface area contributed by atoms with E-state index in [9.17, 15) is 19.5 Å². The van der Waals surface area contributed by atoms with Crippen LogP contribution in [0.5, 0.6) is 5.75 Å². The minimum atomic E-state index is -1.04. The molecule has 1 unspecified atom stereocenters. The first-order valence-electron chi connectivity index (χ1n) is 9.31. The minimum absolute atomic E-state index is 0.00399. The van der Waals surface area contributed by atoms with Crippen molar-refractivity contribution in [3.63, 3.8) is 0 Å². The van der Waals surface area contributed by atoms with Gasteiger partial charge in [-0.1, -0.05) is 17.3 Å². The first kappa shape index (κ1) is 21.0. The predicted molar refractivity (Wildman–Crippen MR) is 109 cm³/mol. The van der Waals surface area contributed by atoms with Crippen molar-refractivity contribution < 1.29 is 19.4 Å². The molecule has 1 amide bonds. The van der Waals surface area contributed by atoms with Gasteiger partial charge >= 0.3 is 5.97 Å². The van der Waals surface area contributed by atoms with Gasteiger partial charge in [0, 0.05) is 6.42 Å². The lowest BCUT2D eigenvalue weighted by Gasteiger charge is -2.18. The number of aromatic hydroxyl groups is 1. The van der Waals surface area contributed by atoms with E-state index in [1.54, 1.807) is 50.2 Å². The summed E-state index contributed by atoms with van der Waals surface area (Å²) in [5.74, 6) is -0.978. The fraction of sp³-hybridized carbons (Fsp3) is 0.286. The van der Waals surface area contributed by atoms with Crippen molar-refractivity contribution in [2.75, 3.05) is 7.11 Å². The number of nitrogens with zero attached hydrogens (tertiary/aromatic N) is 3. The minimum Gasteiger partial charge on any atom is -0.507 e. The second kappa shape index (κ2) is 8.73. The Kier molecular flexibility index (Phi) is 6.10. The zero-order chi connectivity index (χ0) is 21.8. The number of fused-ring (bicyclic) bond motifs is 1. The number of esters is 1. The molecule has 30 heavy (non-hydrogen) atoms. The van der Waals surface area contributed by atoms with Crippen LogP contribution in [0.4, 0.5) is 0 Å². The molecule has 0 aliphatic rings. The molecular formula is C21H22N4O5. The van der Waals surface area contributed by atoms with Crippen LogP contribution in [-0.2, 0) is 20.9 Å². The molecule has 0 spiro atoms. The molecule has 9 heteroatoms. The topological polar surface area (TPSA) is 123 Å². The second-order valence-corrected chi connectivity index (χ2v) is 6.91. The molecular weight excluding hydrogens is 388 g/mol. The summed E-state index contributed by atoms with van der Waals surface area (Å²) >= 11 is 0. The lowest BCUT2D eigenvalue weighted by atomic mass is 10.00. The van der Waals surface area contributed by atoms with Gasteiger partial charge in [-0.15, -0.1) is 5.10 Å². The fourth-order valence-corrected chi connectivity index (χ4v) is 3.16. The van der Waals surface area contributed by atoms with Crippen LogP contribution in [-0.4, -0.2) is 39.1 Å². The normalized spacial score (nSPS) is 11.8. The number of benzene rings is 2. The smallest absolute Gasteiger partial charge is 0.333 e. The second-order valence-electron chi connectivity index (χ2n) is 6.91. The van der Waals surface area contributed by atoms with E-state index in [1.807, 2.05) is 0 Å². The van der Waals surface area contributed by atoms with Gasteiger partial charge in [0.25, 0.3) is 5.56 Å². The molecule has 1 atom stereocenters. The number of ether oxygens (including phenoxy) is 1. The highest BCUT2D eigenvalue weighted by Gasteiger charge is 2.25. The Bertz CT molecular complexity index is 1150.